The standard InChI is InChI=1S/C45H49F4N7O4/c1-25-12-32-30-6-3-4-7-35(30)51-44(32,2)41(55(25)20-37(48)49)40-33(46)15-29(16-34(40)47)54-23-45(24-54)10-5-11-52(22-45)21-39(58)53-17-26-13-28-19-56(36-8-9-38(57)50-42(36)59)43(60)31(28)14-27(26)18-53/h3-4,6-7,13-16,25,32,36-37,41,51H,5,8-12,17-24H2,1-2H3,(H,50,57,59)/t25-,32?,36?,41-,44?/m1/s1. The molecule has 3 unspecified atom stereocenters. The van der Waals surface area contributed by atoms with Crippen LogP contribution in [0.3, 0.4) is 0 Å². The first-order chi connectivity index (χ1) is 28.7. The van der Waals surface area contributed by atoms with Gasteiger partial charge in [0.2, 0.25) is 17.7 Å². The Morgan fingerprint density at radius 1 is 0.950 bits per heavy atom. The van der Waals surface area contributed by atoms with E-state index in [0.29, 0.717) is 56.8 Å². The lowest BCUT2D eigenvalue weighted by molar-refractivity contribution is -0.137. The summed E-state index contributed by atoms with van der Waals surface area (Å²) in [6.07, 6.45) is 0.206. The first-order valence-electron chi connectivity index (χ1n) is 21.1. The second-order valence-corrected chi connectivity index (χ2v) is 18.5. The van der Waals surface area contributed by atoms with Gasteiger partial charge in [0.05, 0.1) is 24.7 Å². The molecule has 10 rings (SSSR count). The maximum absolute atomic E-state index is 16.5. The Kier molecular flexibility index (Phi) is 9.32. The average Bonchev–Trinajstić information content (AvgIpc) is 3.84. The summed E-state index contributed by atoms with van der Waals surface area (Å²) in [5.41, 5.74) is 4.31. The third-order valence-corrected chi connectivity index (χ3v) is 14.6. The molecular weight excluding hydrogens is 779 g/mol. The number of likely N-dealkylation sites (tertiary alicyclic amines) is 2. The van der Waals surface area contributed by atoms with Crippen LogP contribution in [0.25, 0.3) is 0 Å². The number of para-hydroxylation sites is 1. The van der Waals surface area contributed by atoms with E-state index in [2.05, 4.69) is 15.5 Å². The van der Waals surface area contributed by atoms with Crippen LogP contribution in [-0.2, 0) is 34.0 Å². The van der Waals surface area contributed by atoms with Crippen molar-refractivity contribution < 1.29 is 36.7 Å². The SMILES string of the molecule is C[C@@H]1CC2c3ccccc3NC2(C)[C@@H](c2c(F)cc(N3CC4(CCCN(CC(=O)N5Cc6cc7c(cc6C5)C(=O)N(C5CCC(=O)NC5=O)C7)C4)C3)cc2F)N1CC(F)F. The Morgan fingerprint density at radius 2 is 1.68 bits per heavy atom. The Balaban J connectivity index is 0.792. The van der Waals surface area contributed by atoms with E-state index in [-0.39, 0.29) is 60.2 Å². The molecule has 4 fully saturated rings. The molecule has 4 saturated heterocycles. The van der Waals surface area contributed by atoms with E-state index in [9.17, 15) is 28.0 Å². The molecule has 0 aromatic heterocycles. The van der Waals surface area contributed by atoms with Crippen molar-refractivity contribution >= 4 is 35.0 Å². The molecule has 0 saturated carbocycles. The molecule has 0 aliphatic carbocycles. The molecule has 60 heavy (non-hydrogen) atoms. The number of alkyl halides is 2. The van der Waals surface area contributed by atoms with E-state index >= 15 is 8.78 Å². The molecule has 316 valence electrons. The number of piperidine rings is 3. The number of hydrogen-bond acceptors (Lipinski definition) is 8. The van der Waals surface area contributed by atoms with Crippen molar-refractivity contribution in [1.82, 2.24) is 24.9 Å². The zero-order chi connectivity index (χ0) is 41.8. The van der Waals surface area contributed by atoms with Gasteiger partial charge in [-0.05, 0) is 92.6 Å². The predicted molar refractivity (Wildman–Crippen MR) is 214 cm³/mol. The number of hydrogen-bond donors (Lipinski definition) is 2. The van der Waals surface area contributed by atoms with Crippen LogP contribution >= 0.6 is 0 Å². The summed E-state index contributed by atoms with van der Waals surface area (Å²) >= 11 is 0. The number of amides is 4. The van der Waals surface area contributed by atoms with Crippen LogP contribution in [0.2, 0.25) is 0 Å². The molecule has 3 aromatic carbocycles. The van der Waals surface area contributed by atoms with Crippen molar-refractivity contribution in [3.63, 3.8) is 0 Å². The molecule has 7 heterocycles. The number of anilines is 2. The maximum atomic E-state index is 16.5. The molecule has 2 N–H and O–H groups in total. The van der Waals surface area contributed by atoms with Gasteiger partial charge in [-0.25, -0.2) is 17.6 Å². The lowest BCUT2D eigenvalue weighted by Crippen LogP contribution is -2.63. The molecule has 3 aromatic rings. The molecule has 0 bridgehead atoms. The summed E-state index contributed by atoms with van der Waals surface area (Å²) in [5.74, 6) is -2.64. The first kappa shape index (κ1) is 39.1. The number of carbonyl (C=O) groups is 4. The van der Waals surface area contributed by atoms with Crippen LogP contribution in [0.1, 0.15) is 96.1 Å². The number of imide groups is 1. The van der Waals surface area contributed by atoms with Gasteiger partial charge in [0.25, 0.3) is 12.3 Å². The lowest BCUT2D eigenvalue weighted by atomic mass is 9.69. The zero-order valence-corrected chi connectivity index (χ0v) is 33.8. The largest absolute Gasteiger partial charge is 0.377 e. The second-order valence-electron chi connectivity index (χ2n) is 18.5. The van der Waals surface area contributed by atoms with E-state index in [1.54, 1.807) is 4.90 Å². The Bertz CT molecular complexity index is 2300. The minimum Gasteiger partial charge on any atom is -0.377 e. The number of nitrogens with zero attached hydrogens (tertiary/aromatic N) is 5. The highest BCUT2D eigenvalue weighted by atomic mass is 19.3. The summed E-state index contributed by atoms with van der Waals surface area (Å²) in [6, 6.07) is 12.3. The smallest absolute Gasteiger partial charge is 0.255 e. The average molecular weight is 828 g/mol. The molecule has 4 amide bonds. The van der Waals surface area contributed by atoms with Gasteiger partial charge in [-0.1, -0.05) is 24.3 Å². The number of nitrogens with one attached hydrogen (secondary N) is 2. The Labute approximate surface area is 346 Å². The van der Waals surface area contributed by atoms with E-state index in [1.807, 2.05) is 60.0 Å². The fraction of sp³-hybridized carbons (Fsp3) is 0.511. The van der Waals surface area contributed by atoms with Gasteiger partial charge >= 0.3 is 0 Å². The monoisotopic (exact) mass is 827 g/mol. The third-order valence-electron chi connectivity index (χ3n) is 14.6. The number of fused-ring (bicyclic) bond motifs is 5. The molecule has 7 aliphatic rings. The molecule has 11 nitrogen and oxygen atoms in total. The summed E-state index contributed by atoms with van der Waals surface area (Å²) in [5, 5.41) is 5.84. The molecule has 7 aliphatic heterocycles. The third kappa shape index (κ3) is 6.36. The number of carbonyl (C=O) groups excluding carboxylic acids is 4. The van der Waals surface area contributed by atoms with Crippen LogP contribution in [0.15, 0.2) is 48.5 Å². The van der Waals surface area contributed by atoms with Gasteiger partial charge in [0, 0.05) is 85.6 Å². The number of benzene rings is 3. The Morgan fingerprint density at radius 3 is 2.42 bits per heavy atom. The highest BCUT2D eigenvalue weighted by molar-refractivity contribution is 6.05. The van der Waals surface area contributed by atoms with Crippen molar-refractivity contribution in [3.05, 3.63) is 93.5 Å². The maximum Gasteiger partial charge on any atom is 0.255 e. The lowest BCUT2D eigenvalue weighted by Gasteiger charge is -2.56. The van der Waals surface area contributed by atoms with Gasteiger partial charge in [0.15, 0.2) is 0 Å². The summed E-state index contributed by atoms with van der Waals surface area (Å²) in [4.78, 5) is 60.3. The van der Waals surface area contributed by atoms with Gasteiger partial charge in [-0.15, -0.1) is 0 Å². The zero-order valence-electron chi connectivity index (χ0n) is 33.8. The molecular formula is C45H49F4N7O4. The molecule has 0 radical (unpaired) electrons. The van der Waals surface area contributed by atoms with Crippen molar-refractivity contribution in [3.8, 4) is 0 Å². The van der Waals surface area contributed by atoms with Crippen LogP contribution < -0.4 is 15.5 Å². The Hall–Kier alpha value is -5.02. The predicted octanol–water partition coefficient (Wildman–Crippen LogP) is 5.54. The van der Waals surface area contributed by atoms with Crippen LogP contribution in [0.4, 0.5) is 28.9 Å². The van der Waals surface area contributed by atoms with Crippen molar-refractivity contribution in [1.29, 1.82) is 0 Å². The van der Waals surface area contributed by atoms with Crippen LogP contribution in [-0.4, -0.2) is 107 Å². The van der Waals surface area contributed by atoms with E-state index in [4.69, 9.17) is 0 Å². The van der Waals surface area contributed by atoms with Gasteiger partial charge < -0.3 is 20.0 Å². The summed E-state index contributed by atoms with van der Waals surface area (Å²) < 4.78 is 61.1. The minimum atomic E-state index is -2.67. The van der Waals surface area contributed by atoms with Crippen molar-refractivity contribution in [2.45, 2.75) is 102 Å². The number of halogens is 4. The van der Waals surface area contributed by atoms with E-state index < -0.39 is 48.1 Å². The molecule has 1 spiro atoms. The first-order valence-corrected chi connectivity index (χ1v) is 21.1. The summed E-state index contributed by atoms with van der Waals surface area (Å²) in [7, 11) is 0. The van der Waals surface area contributed by atoms with Gasteiger partial charge in [-0.2, -0.15) is 0 Å². The van der Waals surface area contributed by atoms with Gasteiger partial charge in [-0.3, -0.25) is 34.3 Å². The quantitative estimate of drug-likeness (QED) is 0.237. The van der Waals surface area contributed by atoms with Crippen LogP contribution in [0.5, 0.6) is 0 Å². The van der Waals surface area contributed by atoms with Crippen LogP contribution in [0, 0.1) is 17.0 Å². The summed E-state index contributed by atoms with van der Waals surface area (Å²) in [6.45, 7) is 7.09. The fourth-order valence-electron chi connectivity index (χ4n) is 11.8. The van der Waals surface area contributed by atoms with Crippen molar-refractivity contribution in [2.24, 2.45) is 5.41 Å². The van der Waals surface area contributed by atoms with E-state index in [1.165, 1.54) is 17.0 Å². The van der Waals surface area contributed by atoms with Gasteiger partial charge in [0.1, 0.15) is 17.7 Å². The minimum absolute atomic E-state index is 0.00971. The normalized spacial score (nSPS) is 28.4. The fourth-order valence-corrected chi connectivity index (χ4v) is 11.8. The highest BCUT2D eigenvalue weighted by Crippen LogP contribution is 2.57. The number of rotatable bonds is 7. The van der Waals surface area contributed by atoms with Crippen molar-refractivity contribution in [2.75, 3.05) is 49.5 Å². The topological polar surface area (TPSA) is 109 Å². The molecule has 5 atom stereocenters. The second kappa shape index (κ2) is 14.3. The van der Waals surface area contributed by atoms with E-state index in [0.717, 1.165) is 47.3 Å². The highest BCUT2D eigenvalue weighted by Gasteiger charge is 2.57. The molecule has 15 heteroatoms.